The second-order valence-corrected chi connectivity index (χ2v) is 9.52. The van der Waals surface area contributed by atoms with E-state index in [1.54, 1.807) is 30.3 Å². The fourth-order valence-corrected chi connectivity index (χ4v) is 4.62. The first-order chi connectivity index (χ1) is 16.5. The van der Waals surface area contributed by atoms with Crippen LogP contribution in [0.15, 0.2) is 53.4 Å². The van der Waals surface area contributed by atoms with Crippen molar-refractivity contribution < 1.29 is 19.1 Å². The van der Waals surface area contributed by atoms with Gasteiger partial charge >= 0.3 is 0 Å². The molecule has 0 aliphatic carbocycles. The number of nitrogens with zero attached hydrogens (tertiary/aromatic N) is 1. The van der Waals surface area contributed by atoms with Gasteiger partial charge in [-0.1, -0.05) is 75.1 Å². The van der Waals surface area contributed by atoms with Crippen molar-refractivity contribution in [3.8, 4) is 11.5 Å². The first kappa shape index (κ1) is 25.8. The number of carbonyl (C=O) groups excluding carboxylic acids is 2. The summed E-state index contributed by atoms with van der Waals surface area (Å²) < 4.78 is 11.3. The molecule has 1 heterocycles. The van der Waals surface area contributed by atoms with E-state index in [1.165, 1.54) is 39.2 Å². The van der Waals surface area contributed by atoms with Crippen LogP contribution in [-0.2, 0) is 4.79 Å². The zero-order valence-electron chi connectivity index (χ0n) is 19.5. The SMILES string of the molecule is CCCCCCCCOc1ccc(/C=C2\SC(=S)N(NC(=O)c3ccccc3OC)C2=O)cc1. The Morgan fingerprint density at radius 1 is 1.06 bits per heavy atom. The molecule has 3 rings (SSSR count). The molecule has 34 heavy (non-hydrogen) atoms. The van der Waals surface area contributed by atoms with Crippen molar-refractivity contribution in [3.63, 3.8) is 0 Å². The molecule has 2 aromatic rings. The minimum Gasteiger partial charge on any atom is -0.496 e. The summed E-state index contributed by atoms with van der Waals surface area (Å²) in [5.74, 6) is 0.380. The van der Waals surface area contributed by atoms with Gasteiger partial charge in [-0.05, 0) is 54.5 Å². The van der Waals surface area contributed by atoms with Crippen LogP contribution in [-0.4, -0.2) is 34.9 Å². The zero-order chi connectivity index (χ0) is 24.3. The van der Waals surface area contributed by atoms with Crippen LogP contribution in [0.2, 0.25) is 0 Å². The van der Waals surface area contributed by atoms with Crippen molar-refractivity contribution in [1.82, 2.24) is 10.4 Å². The Bertz CT molecular complexity index is 1040. The van der Waals surface area contributed by atoms with Gasteiger partial charge in [0.05, 0.1) is 24.2 Å². The van der Waals surface area contributed by atoms with Gasteiger partial charge in [-0.3, -0.25) is 15.0 Å². The molecule has 0 aromatic heterocycles. The number of hydrogen-bond acceptors (Lipinski definition) is 6. The number of carbonyl (C=O) groups is 2. The van der Waals surface area contributed by atoms with E-state index in [0.29, 0.717) is 22.8 Å². The van der Waals surface area contributed by atoms with Gasteiger partial charge in [0.2, 0.25) is 0 Å². The Labute approximate surface area is 210 Å². The number of amides is 2. The van der Waals surface area contributed by atoms with Gasteiger partial charge in [-0.15, -0.1) is 0 Å². The summed E-state index contributed by atoms with van der Waals surface area (Å²) in [5, 5.41) is 1.10. The third-order valence-electron chi connectivity index (χ3n) is 5.30. The lowest BCUT2D eigenvalue weighted by Gasteiger charge is -2.16. The smallest absolute Gasteiger partial charge is 0.285 e. The van der Waals surface area contributed by atoms with E-state index in [4.69, 9.17) is 21.7 Å². The zero-order valence-corrected chi connectivity index (χ0v) is 21.2. The summed E-state index contributed by atoms with van der Waals surface area (Å²) in [6.45, 7) is 2.92. The summed E-state index contributed by atoms with van der Waals surface area (Å²) in [6.07, 6.45) is 9.10. The number of ether oxygens (including phenoxy) is 2. The number of rotatable bonds is 12. The molecular formula is C26H30N2O4S2. The molecule has 8 heteroatoms. The average molecular weight is 499 g/mol. The fraction of sp³-hybridized carbons (Fsp3) is 0.346. The summed E-state index contributed by atoms with van der Waals surface area (Å²) in [7, 11) is 1.49. The molecule has 6 nitrogen and oxygen atoms in total. The molecule has 1 aliphatic rings. The van der Waals surface area contributed by atoms with E-state index in [-0.39, 0.29) is 10.2 Å². The number of para-hydroxylation sites is 1. The molecule has 1 N–H and O–H groups in total. The quantitative estimate of drug-likeness (QED) is 0.221. The number of unbranched alkanes of at least 4 members (excludes halogenated alkanes) is 5. The average Bonchev–Trinajstić information content (AvgIpc) is 3.11. The predicted octanol–water partition coefficient (Wildman–Crippen LogP) is 5.98. The van der Waals surface area contributed by atoms with Gasteiger partial charge in [0.25, 0.3) is 11.8 Å². The van der Waals surface area contributed by atoms with Gasteiger partial charge < -0.3 is 9.47 Å². The Morgan fingerprint density at radius 2 is 1.76 bits per heavy atom. The van der Waals surface area contributed by atoms with Crippen molar-refractivity contribution in [1.29, 1.82) is 0 Å². The van der Waals surface area contributed by atoms with E-state index >= 15 is 0 Å². The molecule has 2 aromatic carbocycles. The van der Waals surface area contributed by atoms with Gasteiger partial charge in [0.1, 0.15) is 11.5 Å². The van der Waals surface area contributed by atoms with Crippen molar-refractivity contribution in [2.45, 2.75) is 45.4 Å². The van der Waals surface area contributed by atoms with E-state index in [1.807, 2.05) is 24.3 Å². The maximum absolute atomic E-state index is 12.9. The lowest BCUT2D eigenvalue weighted by Crippen LogP contribution is -2.44. The molecule has 1 saturated heterocycles. The number of thioether (sulfide) groups is 1. The monoisotopic (exact) mass is 498 g/mol. The van der Waals surface area contributed by atoms with E-state index < -0.39 is 5.91 Å². The maximum Gasteiger partial charge on any atom is 0.285 e. The first-order valence-electron chi connectivity index (χ1n) is 11.5. The largest absolute Gasteiger partial charge is 0.496 e. The number of thiocarbonyl (C=S) groups is 1. The normalized spacial score (nSPS) is 14.5. The first-order valence-corrected chi connectivity index (χ1v) is 12.7. The van der Waals surface area contributed by atoms with E-state index in [2.05, 4.69) is 12.3 Å². The standard InChI is InChI=1S/C26H30N2O4S2/c1-3-4-5-6-7-10-17-32-20-15-13-19(14-16-20)18-23-25(30)28(26(33)34-23)27-24(29)21-11-8-9-12-22(21)31-2/h8-9,11-16,18H,3-7,10,17H2,1-2H3,(H,27,29)/b23-18-. The molecule has 1 aliphatic heterocycles. The van der Waals surface area contributed by atoms with Crippen LogP contribution in [0.4, 0.5) is 0 Å². The highest BCUT2D eigenvalue weighted by Crippen LogP contribution is 2.32. The molecule has 0 atom stereocenters. The lowest BCUT2D eigenvalue weighted by molar-refractivity contribution is -0.123. The van der Waals surface area contributed by atoms with Crippen LogP contribution in [0, 0.1) is 0 Å². The molecule has 0 bridgehead atoms. The number of nitrogens with one attached hydrogen (secondary N) is 1. The predicted molar refractivity (Wildman–Crippen MR) is 141 cm³/mol. The highest BCUT2D eigenvalue weighted by Gasteiger charge is 2.34. The van der Waals surface area contributed by atoms with Crippen LogP contribution in [0.5, 0.6) is 11.5 Å². The Hall–Kier alpha value is -2.84. The van der Waals surface area contributed by atoms with E-state index in [9.17, 15) is 9.59 Å². The highest BCUT2D eigenvalue weighted by molar-refractivity contribution is 8.26. The van der Waals surface area contributed by atoms with Crippen LogP contribution < -0.4 is 14.9 Å². The van der Waals surface area contributed by atoms with Crippen LogP contribution in [0.1, 0.15) is 61.4 Å². The molecule has 1 fully saturated rings. The van der Waals surface area contributed by atoms with Crippen LogP contribution >= 0.6 is 24.0 Å². The highest BCUT2D eigenvalue weighted by atomic mass is 32.2. The van der Waals surface area contributed by atoms with Crippen LogP contribution in [0.3, 0.4) is 0 Å². The maximum atomic E-state index is 12.9. The molecule has 0 saturated carbocycles. The Balaban J connectivity index is 1.54. The second kappa shape index (κ2) is 13.2. The molecule has 0 radical (unpaired) electrons. The fourth-order valence-electron chi connectivity index (χ4n) is 3.44. The number of hydrazine groups is 1. The van der Waals surface area contributed by atoms with Crippen molar-refractivity contribution in [2.75, 3.05) is 13.7 Å². The van der Waals surface area contributed by atoms with Crippen LogP contribution in [0.25, 0.3) is 6.08 Å². The van der Waals surface area contributed by atoms with E-state index in [0.717, 1.165) is 34.5 Å². The molecular weight excluding hydrogens is 468 g/mol. The van der Waals surface area contributed by atoms with Gasteiger partial charge in [-0.25, -0.2) is 0 Å². The van der Waals surface area contributed by atoms with Crippen molar-refractivity contribution in [3.05, 3.63) is 64.6 Å². The Morgan fingerprint density at radius 3 is 2.50 bits per heavy atom. The Kier molecular flexibility index (Phi) is 9.97. The minimum atomic E-state index is -0.470. The minimum absolute atomic E-state index is 0.262. The summed E-state index contributed by atoms with van der Waals surface area (Å²) in [6, 6.07) is 14.4. The topological polar surface area (TPSA) is 67.9 Å². The molecule has 2 amide bonds. The number of benzene rings is 2. The summed E-state index contributed by atoms with van der Waals surface area (Å²) in [4.78, 5) is 26.0. The lowest BCUT2D eigenvalue weighted by atomic mass is 10.1. The number of hydrogen-bond donors (Lipinski definition) is 1. The van der Waals surface area contributed by atoms with Crippen molar-refractivity contribution in [2.24, 2.45) is 0 Å². The molecule has 180 valence electrons. The van der Waals surface area contributed by atoms with Gasteiger partial charge in [-0.2, -0.15) is 5.01 Å². The second-order valence-electron chi connectivity index (χ2n) is 7.84. The molecule has 0 spiro atoms. The summed E-state index contributed by atoms with van der Waals surface area (Å²) >= 11 is 6.46. The summed E-state index contributed by atoms with van der Waals surface area (Å²) in [5.41, 5.74) is 3.75. The van der Waals surface area contributed by atoms with Gasteiger partial charge in [0, 0.05) is 0 Å². The third-order valence-corrected chi connectivity index (χ3v) is 6.61. The van der Waals surface area contributed by atoms with Gasteiger partial charge in [0.15, 0.2) is 4.32 Å². The third kappa shape index (κ3) is 7.08. The number of methoxy groups -OCH3 is 1. The molecule has 0 unspecified atom stereocenters. The van der Waals surface area contributed by atoms with Crippen molar-refractivity contribution >= 4 is 46.2 Å².